The lowest BCUT2D eigenvalue weighted by atomic mass is 10.4. The third-order valence-electron chi connectivity index (χ3n) is 3.07. The first-order valence-electron chi connectivity index (χ1n) is 6.66. The average molecular weight is 312 g/mol. The van der Waals surface area contributed by atoms with Crippen LogP contribution in [0.15, 0.2) is 29.7 Å². The van der Waals surface area contributed by atoms with Crippen LogP contribution >= 0.6 is 0 Å². The quantitative estimate of drug-likeness (QED) is 0.676. The predicted octanol–water partition coefficient (Wildman–Crippen LogP) is -0.643. The first-order chi connectivity index (χ1) is 10.0. The molecule has 0 atom stereocenters. The van der Waals surface area contributed by atoms with Crippen molar-refractivity contribution in [1.29, 1.82) is 0 Å². The zero-order chi connectivity index (χ0) is 15.3. The maximum atomic E-state index is 12.1. The van der Waals surface area contributed by atoms with E-state index in [9.17, 15) is 8.42 Å². The Morgan fingerprint density at radius 3 is 2.81 bits per heavy atom. The average Bonchev–Trinajstić information content (AvgIpc) is 3.06. The van der Waals surface area contributed by atoms with Crippen LogP contribution in [0.4, 0.5) is 0 Å². The van der Waals surface area contributed by atoms with Crippen LogP contribution in [0, 0.1) is 0 Å². The van der Waals surface area contributed by atoms with Gasteiger partial charge < -0.3 is 9.88 Å². The molecule has 2 N–H and O–H groups in total. The van der Waals surface area contributed by atoms with Gasteiger partial charge in [-0.25, -0.2) is 18.1 Å². The fraction of sp³-hybridized carbons (Fsp3) is 0.500. The van der Waals surface area contributed by atoms with Gasteiger partial charge in [-0.05, 0) is 7.05 Å². The molecule has 116 valence electrons. The smallest absolute Gasteiger partial charge is 0.243 e. The molecule has 9 heteroatoms. The van der Waals surface area contributed by atoms with Crippen LogP contribution in [0.2, 0.25) is 0 Å². The standard InChI is InChI=1S/C12H20N6O2S/c1-13-5-8-18-10-11(9-15-18)21(19,20)16-4-3-12-14-6-7-17(12)2/h6-7,9-10,13,16H,3-5,8H2,1-2H3. The van der Waals surface area contributed by atoms with Crippen molar-refractivity contribution in [3.8, 4) is 0 Å². The van der Waals surface area contributed by atoms with Gasteiger partial charge in [0.25, 0.3) is 0 Å². The van der Waals surface area contributed by atoms with E-state index in [0.29, 0.717) is 19.5 Å². The Morgan fingerprint density at radius 1 is 1.33 bits per heavy atom. The van der Waals surface area contributed by atoms with Crippen molar-refractivity contribution in [1.82, 2.24) is 29.4 Å². The third-order valence-corrected chi connectivity index (χ3v) is 4.49. The molecule has 0 aliphatic heterocycles. The Labute approximate surface area is 124 Å². The Morgan fingerprint density at radius 2 is 2.14 bits per heavy atom. The zero-order valence-electron chi connectivity index (χ0n) is 12.2. The fourth-order valence-electron chi connectivity index (χ4n) is 1.85. The van der Waals surface area contributed by atoms with Gasteiger partial charge >= 0.3 is 0 Å². The summed E-state index contributed by atoms with van der Waals surface area (Å²) in [6, 6.07) is 0. The maximum absolute atomic E-state index is 12.1. The molecule has 21 heavy (non-hydrogen) atoms. The summed E-state index contributed by atoms with van der Waals surface area (Å²) in [4.78, 5) is 4.33. The van der Waals surface area contributed by atoms with Crippen molar-refractivity contribution in [2.75, 3.05) is 20.1 Å². The molecule has 2 rings (SSSR count). The second kappa shape index (κ2) is 6.83. The molecule has 0 amide bonds. The molecule has 0 spiro atoms. The highest BCUT2D eigenvalue weighted by Gasteiger charge is 2.16. The minimum atomic E-state index is -3.52. The number of aromatic nitrogens is 4. The number of hydrogen-bond donors (Lipinski definition) is 2. The Balaban J connectivity index is 1.92. The van der Waals surface area contributed by atoms with E-state index in [1.807, 2.05) is 24.9 Å². The van der Waals surface area contributed by atoms with Crippen molar-refractivity contribution in [2.24, 2.45) is 7.05 Å². The van der Waals surface area contributed by atoms with Gasteiger partial charge in [0.2, 0.25) is 10.0 Å². The van der Waals surface area contributed by atoms with Crippen molar-refractivity contribution in [3.05, 3.63) is 30.6 Å². The van der Waals surface area contributed by atoms with Gasteiger partial charge in [-0.3, -0.25) is 4.68 Å². The largest absolute Gasteiger partial charge is 0.338 e. The van der Waals surface area contributed by atoms with E-state index in [2.05, 4.69) is 20.1 Å². The van der Waals surface area contributed by atoms with Gasteiger partial charge in [0.05, 0.1) is 12.7 Å². The first-order valence-corrected chi connectivity index (χ1v) is 8.14. The topological polar surface area (TPSA) is 93.8 Å². The van der Waals surface area contributed by atoms with E-state index in [1.54, 1.807) is 10.9 Å². The number of likely N-dealkylation sites (N-methyl/N-ethyl adjacent to an activating group) is 1. The fourth-order valence-corrected chi connectivity index (χ4v) is 2.83. The summed E-state index contributed by atoms with van der Waals surface area (Å²) < 4.78 is 30.3. The van der Waals surface area contributed by atoms with Crippen LogP contribution in [0.3, 0.4) is 0 Å². The molecule has 0 fully saturated rings. The lowest BCUT2D eigenvalue weighted by Crippen LogP contribution is -2.26. The second-order valence-corrected chi connectivity index (χ2v) is 6.41. The third kappa shape index (κ3) is 4.13. The zero-order valence-corrected chi connectivity index (χ0v) is 13.0. The lowest BCUT2D eigenvalue weighted by Gasteiger charge is -2.05. The molecular weight excluding hydrogens is 292 g/mol. The number of imidazole rings is 1. The van der Waals surface area contributed by atoms with Crippen LogP contribution in [0.25, 0.3) is 0 Å². The van der Waals surface area contributed by atoms with E-state index >= 15 is 0 Å². The maximum Gasteiger partial charge on any atom is 0.243 e. The number of nitrogens with zero attached hydrogens (tertiary/aromatic N) is 4. The number of aryl methyl sites for hydroxylation is 1. The Kier molecular flexibility index (Phi) is 5.10. The first kappa shape index (κ1) is 15.7. The van der Waals surface area contributed by atoms with Gasteiger partial charge in [0.15, 0.2) is 0 Å². The van der Waals surface area contributed by atoms with Crippen LogP contribution < -0.4 is 10.0 Å². The lowest BCUT2D eigenvalue weighted by molar-refractivity contribution is 0.575. The molecule has 0 unspecified atom stereocenters. The van der Waals surface area contributed by atoms with Crippen molar-refractivity contribution in [3.63, 3.8) is 0 Å². The van der Waals surface area contributed by atoms with Crippen molar-refractivity contribution < 1.29 is 8.42 Å². The van der Waals surface area contributed by atoms with Crippen LogP contribution in [-0.2, 0) is 30.0 Å². The molecule has 0 radical (unpaired) electrons. The van der Waals surface area contributed by atoms with Crippen LogP contribution in [0.1, 0.15) is 5.82 Å². The summed E-state index contributed by atoms with van der Waals surface area (Å²) in [5.41, 5.74) is 0. The molecule has 8 nitrogen and oxygen atoms in total. The van der Waals surface area contributed by atoms with E-state index in [-0.39, 0.29) is 4.90 Å². The summed E-state index contributed by atoms with van der Waals surface area (Å²) in [6.45, 7) is 1.65. The highest BCUT2D eigenvalue weighted by molar-refractivity contribution is 7.89. The van der Waals surface area contributed by atoms with E-state index < -0.39 is 10.0 Å². The monoisotopic (exact) mass is 312 g/mol. The molecule has 0 saturated carbocycles. The van der Waals surface area contributed by atoms with Gasteiger partial charge in [-0.1, -0.05) is 0 Å². The molecule has 2 aromatic heterocycles. The molecular formula is C12H20N6O2S. The molecule has 0 saturated heterocycles. The van der Waals surface area contributed by atoms with Gasteiger partial charge in [-0.15, -0.1) is 0 Å². The number of rotatable bonds is 8. The van der Waals surface area contributed by atoms with Gasteiger partial charge in [0, 0.05) is 45.1 Å². The van der Waals surface area contributed by atoms with Gasteiger partial charge in [0.1, 0.15) is 10.7 Å². The summed E-state index contributed by atoms with van der Waals surface area (Å²) in [7, 11) is 0.190. The highest BCUT2D eigenvalue weighted by atomic mass is 32.2. The molecule has 2 heterocycles. The second-order valence-electron chi connectivity index (χ2n) is 4.64. The minimum Gasteiger partial charge on any atom is -0.338 e. The number of hydrogen-bond acceptors (Lipinski definition) is 5. The number of nitrogens with one attached hydrogen (secondary N) is 2. The Hall–Kier alpha value is -1.71. The normalized spacial score (nSPS) is 11.9. The summed E-state index contributed by atoms with van der Waals surface area (Å²) in [5.74, 6) is 0.836. The van der Waals surface area contributed by atoms with Crippen molar-refractivity contribution >= 4 is 10.0 Å². The minimum absolute atomic E-state index is 0.179. The van der Waals surface area contributed by atoms with Crippen LogP contribution in [-0.4, -0.2) is 47.9 Å². The van der Waals surface area contributed by atoms with Crippen molar-refractivity contribution in [2.45, 2.75) is 17.9 Å². The van der Waals surface area contributed by atoms with E-state index in [1.165, 1.54) is 12.4 Å². The molecule has 0 aliphatic rings. The summed E-state index contributed by atoms with van der Waals surface area (Å²) in [6.07, 6.45) is 6.95. The molecule has 0 aliphatic carbocycles. The van der Waals surface area contributed by atoms with E-state index in [0.717, 1.165) is 12.4 Å². The Bertz CT molecular complexity index is 675. The molecule has 0 bridgehead atoms. The predicted molar refractivity (Wildman–Crippen MR) is 78.3 cm³/mol. The number of sulfonamides is 1. The molecule has 0 aromatic carbocycles. The SMILES string of the molecule is CNCCn1cc(S(=O)(=O)NCCc2nccn2C)cn1. The van der Waals surface area contributed by atoms with Crippen LogP contribution in [0.5, 0.6) is 0 Å². The summed E-state index contributed by atoms with van der Waals surface area (Å²) >= 11 is 0. The van der Waals surface area contributed by atoms with Gasteiger partial charge in [-0.2, -0.15) is 5.10 Å². The van der Waals surface area contributed by atoms with E-state index in [4.69, 9.17) is 0 Å². The highest BCUT2D eigenvalue weighted by Crippen LogP contribution is 2.06. The molecule has 2 aromatic rings. The summed E-state index contributed by atoms with van der Waals surface area (Å²) in [5, 5.41) is 7.02.